The van der Waals surface area contributed by atoms with Crippen LogP contribution in [0.1, 0.15) is 37.0 Å². The zero-order valence-electron chi connectivity index (χ0n) is 18.4. The lowest BCUT2D eigenvalue weighted by atomic mass is 10.0. The molecule has 0 saturated carbocycles. The van der Waals surface area contributed by atoms with Crippen LogP contribution in [0, 0.1) is 0 Å². The normalized spacial score (nSPS) is 24.5. The summed E-state index contributed by atoms with van der Waals surface area (Å²) in [7, 11) is -5.36. The van der Waals surface area contributed by atoms with Crippen LogP contribution in [0.15, 0.2) is 29.2 Å². The van der Waals surface area contributed by atoms with E-state index in [-0.39, 0.29) is 29.1 Å². The van der Waals surface area contributed by atoms with Gasteiger partial charge in [-0.2, -0.15) is 4.31 Å². The third-order valence-electron chi connectivity index (χ3n) is 5.91. The summed E-state index contributed by atoms with van der Waals surface area (Å²) in [6, 6.07) is 5.90. The van der Waals surface area contributed by atoms with Crippen LogP contribution in [-0.2, 0) is 24.8 Å². The van der Waals surface area contributed by atoms with Gasteiger partial charge in [0, 0.05) is 44.8 Å². The first-order valence-corrected chi connectivity index (χ1v) is 13.7. The number of rotatable bonds is 5. The van der Waals surface area contributed by atoms with Crippen LogP contribution in [0.2, 0.25) is 0 Å². The van der Waals surface area contributed by atoms with Crippen molar-refractivity contribution in [2.75, 3.05) is 39.5 Å². The van der Waals surface area contributed by atoms with E-state index in [2.05, 4.69) is 0 Å². The number of ether oxygens (including phenoxy) is 1. The summed E-state index contributed by atoms with van der Waals surface area (Å²) in [5.41, 5.74) is 0.414. The van der Waals surface area contributed by atoms with Crippen LogP contribution in [0.4, 0.5) is 0 Å². The van der Waals surface area contributed by atoms with Gasteiger partial charge in [0.15, 0.2) is 0 Å². The molecule has 31 heavy (non-hydrogen) atoms. The number of nitrogens with zero attached hydrogens (tertiary/aromatic N) is 3. The quantitative estimate of drug-likeness (QED) is 0.631. The highest BCUT2D eigenvalue weighted by molar-refractivity contribution is 7.89. The molecule has 0 spiro atoms. The molecule has 0 N–H and O–H groups in total. The van der Waals surface area contributed by atoms with Gasteiger partial charge in [0.1, 0.15) is 0 Å². The van der Waals surface area contributed by atoms with Gasteiger partial charge in [-0.15, -0.1) is 0 Å². The maximum Gasteiger partial charge on any atom is 0.253 e. The van der Waals surface area contributed by atoms with Gasteiger partial charge in [-0.1, -0.05) is 0 Å². The molecule has 0 aliphatic carbocycles. The van der Waals surface area contributed by atoms with Crippen LogP contribution in [0.3, 0.4) is 0 Å². The van der Waals surface area contributed by atoms with Gasteiger partial charge in [-0.3, -0.25) is 4.79 Å². The SMILES string of the molecule is CC1CN(S(=O)(=O)c2ccc(C(=O)N3CCC(N(C)S(C)(=O)=O)CC3)cc2)CC(C)O1. The van der Waals surface area contributed by atoms with Crippen molar-refractivity contribution in [1.29, 1.82) is 0 Å². The Morgan fingerprint density at radius 2 is 1.52 bits per heavy atom. The predicted octanol–water partition coefficient (Wildman–Crippen LogP) is 0.981. The van der Waals surface area contributed by atoms with Crippen LogP contribution < -0.4 is 0 Å². The van der Waals surface area contributed by atoms with E-state index in [1.165, 1.54) is 39.1 Å². The van der Waals surface area contributed by atoms with Crippen LogP contribution in [-0.4, -0.2) is 94.0 Å². The number of benzene rings is 1. The molecule has 2 heterocycles. The van der Waals surface area contributed by atoms with Crippen molar-refractivity contribution in [3.8, 4) is 0 Å². The van der Waals surface area contributed by atoms with Gasteiger partial charge in [0.05, 0.1) is 23.4 Å². The molecule has 11 heteroatoms. The molecule has 0 radical (unpaired) electrons. The van der Waals surface area contributed by atoms with Crippen LogP contribution in [0.25, 0.3) is 0 Å². The summed E-state index contributed by atoms with van der Waals surface area (Å²) < 4.78 is 57.8. The van der Waals surface area contributed by atoms with Crippen molar-refractivity contribution in [3.63, 3.8) is 0 Å². The monoisotopic (exact) mass is 473 g/mol. The molecule has 1 amide bonds. The fraction of sp³-hybridized carbons (Fsp3) is 0.650. The summed E-state index contributed by atoms with van der Waals surface area (Å²) in [5.74, 6) is -0.182. The topological polar surface area (TPSA) is 104 Å². The van der Waals surface area contributed by atoms with Crippen molar-refractivity contribution < 1.29 is 26.4 Å². The number of hydrogen-bond acceptors (Lipinski definition) is 6. The van der Waals surface area contributed by atoms with Gasteiger partial charge in [-0.25, -0.2) is 21.1 Å². The molecule has 2 unspecified atom stereocenters. The van der Waals surface area contributed by atoms with Crippen molar-refractivity contribution in [2.45, 2.75) is 49.8 Å². The molecule has 2 aliphatic heterocycles. The first-order valence-electron chi connectivity index (χ1n) is 10.4. The number of morpholine rings is 1. The first kappa shape index (κ1) is 24.1. The second-order valence-corrected chi connectivity index (χ2v) is 12.4. The number of carbonyl (C=O) groups excluding carboxylic acids is 1. The Morgan fingerprint density at radius 3 is 2.00 bits per heavy atom. The molecule has 9 nitrogen and oxygen atoms in total. The maximum atomic E-state index is 13.0. The Bertz CT molecular complexity index is 992. The Balaban J connectivity index is 1.66. The minimum Gasteiger partial charge on any atom is -0.373 e. The Morgan fingerprint density at radius 1 is 1.00 bits per heavy atom. The van der Waals surface area contributed by atoms with E-state index in [1.807, 2.05) is 13.8 Å². The van der Waals surface area contributed by atoms with Crippen molar-refractivity contribution in [1.82, 2.24) is 13.5 Å². The number of carbonyl (C=O) groups is 1. The summed E-state index contributed by atoms with van der Waals surface area (Å²) in [4.78, 5) is 14.7. The van der Waals surface area contributed by atoms with E-state index < -0.39 is 20.0 Å². The van der Waals surface area contributed by atoms with Crippen molar-refractivity contribution >= 4 is 26.0 Å². The van der Waals surface area contributed by atoms with Crippen molar-refractivity contribution in [3.05, 3.63) is 29.8 Å². The summed E-state index contributed by atoms with van der Waals surface area (Å²) >= 11 is 0. The van der Waals surface area contributed by atoms with Gasteiger partial charge in [-0.05, 0) is 51.0 Å². The second kappa shape index (κ2) is 9.14. The summed E-state index contributed by atoms with van der Waals surface area (Å²) in [5, 5.41) is 0. The molecular weight excluding hydrogens is 442 g/mol. The van der Waals surface area contributed by atoms with E-state index in [4.69, 9.17) is 4.74 Å². The molecule has 174 valence electrons. The molecule has 3 rings (SSSR count). The third kappa shape index (κ3) is 5.46. The second-order valence-electron chi connectivity index (χ2n) is 8.41. The number of likely N-dealkylation sites (tertiary alicyclic amines) is 1. The highest BCUT2D eigenvalue weighted by atomic mass is 32.2. The summed E-state index contributed by atoms with van der Waals surface area (Å²) in [6.45, 7) is 5.18. The first-order chi connectivity index (χ1) is 14.4. The third-order valence-corrected chi connectivity index (χ3v) is 9.10. The molecule has 2 fully saturated rings. The number of piperidine rings is 1. The van der Waals surface area contributed by atoms with Gasteiger partial charge in [0.2, 0.25) is 20.0 Å². The van der Waals surface area contributed by atoms with E-state index >= 15 is 0 Å². The number of sulfonamides is 2. The van der Waals surface area contributed by atoms with Gasteiger partial charge in [0.25, 0.3) is 5.91 Å². The van der Waals surface area contributed by atoms with E-state index in [1.54, 1.807) is 11.9 Å². The lowest BCUT2D eigenvalue weighted by Crippen LogP contribution is -2.48. The highest BCUT2D eigenvalue weighted by Crippen LogP contribution is 2.23. The Hall–Kier alpha value is -1.53. The van der Waals surface area contributed by atoms with Crippen LogP contribution in [0.5, 0.6) is 0 Å². The maximum absolute atomic E-state index is 13.0. The Kier molecular flexibility index (Phi) is 7.11. The minimum atomic E-state index is -3.66. The largest absolute Gasteiger partial charge is 0.373 e. The Labute approximate surface area is 185 Å². The molecule has 0 bridgehead atoms. The molecule has 1 aromatic rings. The van der Waals surface area contributed by atoms with Crippen LogP contribution >= 0.6 is 0 Å². The fourth-order valence-electron chi connectivity index (χ4n) is 4.13. The zero-order chi connectivity index (χ0) is 23.0. The average molecular weight is 474 g/mol. The summed E-state index contributed by atoms with van der Waals surface area (Å²) in [6.07, 6.45) is 1.95. The smallest absolute Gasteiger partial charge is 0.253 e. The highest BCUT2D eigenvalue weighted by Gasteiger charge is 2.33. The zero-order valence-corrected chi connectivity index (χ0v) is 20.0. The standard InChI is InChI=1S/C20H31N3O6S2/c1-15-13-23(14-16(2)29-15)31(27,28)19-7-5-17(6-8-19)20(24)22-11-9-18(10-12-22)21(3)30(4,25)26/h5-8,15-16,18H,9-14H2,1-4H3. The van der Waals surface area contributed by atoms with E-state index in [0.717, 1.165) is 0 Å². The molecule has 0 aromatic heterocycles. The van der Waals surface area contributed by atoms with E-state index in [0.29, 0.717) is 44.6 Å². The molecular formula is C20H31N3O6S2. The average Bonchev–Trinajstić information content (AvgIpc) is 2.71. The number of hydrogen-bond donors (Lipinski definition) is 0. The molecule has 2 aliphatic rings. The lowest BCUT2D eigenvalue weighted by molar-refractivity contribution is -0.0440. The molecule has 1 aromatic carbocycles. The van der Waals surface area contributed by atoms with Gasteiger partial charge >= 0.3 is 0 Å². The number of amides is 1. The van der Waals surface area contributed by atoms with Crippen molar-refractivity contribution in [2.24, 2.45) is 0 Å². The molecule has 2 atom stereocenters. The van der Waals surface area contributed by atoms with Gasteiger partial charge < -0.3 is 9.64 Å². The van der Waals surface area contributed by atoms with E-state index in [9.17, 15) is 21.6 Å². The predicted molar refractivity (Wildman–Crippen MR) is 117 cm³/mol. The fourth-order valence-corrected chi connectivity index (χ4v) is 6.47. The minimum absolute atomic E-state index is 0.120. The lowest BCUT2D eigenvalue weighted by Gasteiger charge is -2.35. The molecule has 2 saturated heterocycles.